The van der Waals surface area contributed by atoms with Crippen molar-refractivity contribution in [3.63, 3.8) is 0 Å². The number of pyridine rings is 1. The highest BCUT2D eigenvalue weighted by molar-refractivity contribution is 5.93. The third-order valence-corrected chi connectivity index (χ3v) is 6.96. The van der Waals surface area contributed by atoms with Crippen LogP contribution in [0.1, 0.15) is 32.3 Å². The van der Waals surface area contributed by atoms with Gasteiger partial charge in [0.2, 0.25) is 17.7 Å². The van der Waals surface area contributed by atoms with Crippen molar-refractivity contribution in [1.82, 2.24) is 19.9 Å². The topological polar surface area (TPSA) is 119 Å². The Balaban J connectivity index is 1.47. The number of hydrogen-bond donors (Lipinski definition) is 2. The van der Waals surface area contributed by atoms with Crippen molar-refractivity contribution in [2.75, 3.05) is 25.5 Å². The highest BCUT2D eigenvalue weighted by Gasteiger charge is 2.25. The number of carbonyl (C=O) groups excluding carboxylic acids is 1. The maximum atomic E-state index is 13.6. The fourth-order valence-corrected chi connectivity index (χ4v) is 4.84. The number of fused-ring (bicyclic) bond motifs is 1. The van der Waals surface area contributed by atoms with E-state index in [1.54, 1.807) is 56.2 Å². The summed E-state index contributed by atoms with van der Waals surface area (Å²) in [6, 6.07) is 13.0. The van der Waals surface area contributed by atoms with Crippen LogP contribution in [0.4, 0.5) is 15.9 Å². The molecule has 0 radical (unpaired) electrons. The number of anilines is 2. The number of ether oxygens (including phenoxy) is 3. The van der Waals surface area contributed by atoms with Crippen LogP contribution in [-0.4, -0.2) is 57.2 Å². The fraction of sp³-hybridized carbons (Fsp3) is 0.290. The van der Waals surface area contributed by atoms with Gasteiger partial charge in [-0.2, -0.15) is 9.37 Å². The predicted octanol–water partition coefficient (Wildman–Crippen LogP) is 5.49. The number of carbonyl (C=O) groups is 1. The van der Waals surface area contributed by atoms with Crippen LogP contribution in [0.15, 0.2) is 67.5 Å². The van der Waals surface area contributed by atoms with E-state index < -0.39 is 11.5 Å². The lowest BCUT2D eigenvalue weighted by molar-refractivity contribution is -0.127. The molecule has 11 heteroatoms. The fourth-order valence-electron chi connectivity index (χ4n) is 4.84. The van der Waals surface area contributed by atoms with Crippen LogP contribution in [0.25, 0.3) is 10.9 Å². The number of nitrogens with zero attached hydrogens (tertiary/aromatic N) is 4. The maximum absolute atomic E-state index is 13.6. The molecule has 10 nitrogen and oxygen atoms in total. The van der Waals surface area contributed by atoms with Crippen molar-refractivity contribution >= 4 is 28.3 Å². The van der Waals surface area contributed by atoms with Gasteiger partial charge in [-0.05, 0) is 38.1 Å². The van der Waals surface area contributed by atoms with E-state index in [0.717, 1.165) is 0 Å². The minimum absolute atomic E-state index is 0.0864. The number of methoxy groups -OCH3 is 1. The van der Waals surface area contributed by atoms with Gasteiger partial charge in [-0.25, -0.2) is 9.97 Å². The van der Waals surface area contributed by atoms with E-state index in [2.05, 4.69) is 26.8 Å². The Labute approximate surface area is 242 Å². The van der Waals surface area contributed by atoms with Gasteiger partial charge in [-0.1, -0.05) is 18.7 Å². The first-order chi connectivity index (χ1) is 20.1. The SMILES string of the molecule is C=CC(=O)N1CCC(Oc2cc3c(Nc4cc(Oc5cccc(F)n5)ccc4C(C)(C)O)ncnc3cc2OC)CC1. The molecule has 0 atom stereocenters. The number of aliphatic hydroxyl groups is 1. The molecule has 2 aromatic carbocycles. The first kappa shape index (κ1) is 28.7. The monoisotopic (exact) mass is 573 g/mol. The van der Waals surface area contributed by atoms with Gasteiger partial charge in [0.05, 0.1) is 18.2 Å². The molecule has 42 heavy (non-hydrogen) atoms. The van der Waals surface area contributed by atoms with Gasteiger partial charge in [0.25, 0.3) is 0 Å². The summed E-state index contributed by atoms with van der Waals surface area (Å²) in [5.41, 5.74) is 0.512. The molecule has 5 rings (SSSR count). The van der Waals surface area contributed by atoms with E-state index in [4.69, 9.17) is 14.2 Å². The summed E-state index contributed by atoms with van der Waals surface area (Å²) in [7, 11) is 1.56. The molecular formula is C31H32FN5O5. The summed E-state index contributed by atoms with van der Waals surface area (Å²) in [5.74, 6) is 1.24. The average molecular weight is 574 g/mol. The molecule has 2 aromatic heterocycles. The molecule has 4 aromatic rings. The lowest BCUT2D eigenvalue weighted by Gasteiger charge is -2.31. The van der Waals surface area contributed by atoms with Crippen molar-refractivity contribution in [3.8, 4) is 23.1 Å². The number of nitrogens with one attached hydrogen (secondary N) is 1. The minimum Gasteiger partial charge on any atom is -0.493 e. The highest BCUT2D eigenvalue weighted by atomic mass is 19.1. The number of likely N-dealkylation sites (tertiary alicyclic amines) is 1. The van der Waals surface area contributed by atoms with E-state index >= 15 is 0 Å². The van der Waals surface area contributed by atoms with Gasteiger partial charge in [0, 0.05) is 60.8 Å². The molecule has 0 unspecified atom stereocenters. The molecule has 1 aliphatic heterocycles. The Morgan fingerprint density at radius 3 is 2.62 bits per heavy atom. The van der Waals surface area contributed by atoms with E-state index in [0.29, 0.717) is 71.2 Å². The number of hydrogen-bond acceptors (Lipinski definition) is 9. The van der Waals surface area contributed by atoms with E-state index in [-0.39, 0.29) is 17.9 Å². The minimum atomic E-state index is -1.21. The molecule has 218 valence electrons. The van der Waals surface area contributed by atoms with Crippen LogP contribution in [0.2, 0.25) is 0 Å². The van der Waals surface area contributed by atoms with Gasteiger partial charge < -0.3 is 29.5 Å². The Kier molecular flexibility index (Phi) is 8.21. The van der Waals surface area contributed by atoms with E-state index in [9.17, 15) is 14.3 Å². The predicted molar refractivity (Wildman–Crippen MR) is 156 cm³/mol. The Morgan fingerprint density at radius 1 is 1.14 bits per heavy atom. The number of benzene rings is 2. The van der Waals surface area contributed by atoms with E-state index in [1.807, 2.05) is 6.07 Å². The van der Waals surface area contributed by atoms with Crippen LogP contribution in [0.5, 0.6) is 23.1 Å². The zero-order chi connectivity index (χ0) is 29.9. The van der Waals surface area contributed by atoms with Crippen molar-refractivity contribution in [1.29, 1.82) is 0 Å². The Bertz CT molecular complexity index is 1620. The van der Waals surface area contributed by atoms with Crippen molar-refractivity contribution < 1.29 is 28.5 Å². The van der Waals surface area contributed by atoms with Crippen LogP contribution in [0.3, 0.4) is 0 Å². The second kappa shape index (κ2) is 12.0. The number of amides is 1. The standard InChI is InChI=1S/C31H32FN5O5/c1-5-29(38)37-13-11-19(12-14-37)41-26-16-21-23(17-25(26)40-4)33-18-34-30(21)35-24-15-20(9-10-22(24)31(2,3)39)42-28-8-6-7-27(32)36-28/h5-10,15-19,39H,1,11-14H2,2-4H3,(H,33,34,35). The summed E-state index contributed by atoms with van der Waals surface area (Å²) in [5, 5.41) is 14.9. The van der Waals surface area contributed by atoms with Crippen LogP contribution < -0.4 is 19.5 Å². The molecule has 1 saturated heterocycles. The van der Waals surface area contributed by atoms with Crippen LogP contribution in [-0.2, 0) is 10.4 Å². The first-order valence-electron chi connectivity index (χ1n) is 13.5. The largest absolute Gasteiger partial charge is 0.493 e. The maximum Gasteiger partial charge on any atom is 0.245 e. The zero-order valence-electron chi connectivity index (χ0n) is 23.6. The molecule has 2 N–H and O–H groups in total. The smallest absolute Gasteiger partial charge is 0.245 e. The molecule has 0 saturated carbocycles. The summed E-state index contributed by atoms with van der Waals surface area (Å²) >= 11 is 0. The van der Waals surface area contributed by atoms with Crippen LogP contribution >= 0.6 is 0 Å². The second-order valence-corrected chi connectivity index (χ2v) is 10.4. The van der Waals surface area contributed by atoms with Gasteiger partial charge in [0.1, 0.15) is 24.0 Å². The number of piperidine rings is 1. The molecule has 0 bridgehead atoms. The third kappa shape index (κ3) is 6.41. The van der Waals surface area contributed by atoms with Gasteiger partial charge in [0.15, 0.2) is 11.5 Å². The summed E-state index contributed by atoms with van der Waals surface area (Å²) in [6.45, 7) is 8.05. The third-order valence-electron chi connectivity index (χ3n) is 6.96. The Hall–Kier alpha value is -4.77. The van der Waals surface area contributed by atoms with Gasteiger partial charge in [-0.15, -0.1) is 0 Å². The van der Waals surface area contributed by atoms with Gasteiger partial charge >= 0.3 is 0 Å². The summed E-state index contributed by atoms with van der Waals surface area (Å²) in [6.07, 6.45) is 3.97. The number of rotatable bonds is 9. The summed E-state index contributed by atoms with van der Waals surface area (Å²) in [4.78, 5) is 26.4. The number of halogens is 1. The zero-order valence-corrected chi connectivity index (χ0v) is 23.6. The highest BCUT2D eigenvalue weighted by Crippen LogP contribution is 2.39. The lowest BCUT2D eigenvalue weighted by Crippen LogP contribution is -2.41. The molecule has 1 amide bonds. The second-order valence-electron chi connectivity index (χ2n) is 10.4. The molecule has 0 aliphatic carbocycles. The molecular weight excluding hydrogens is 541 g/mol. The van der Waals surface area contributed by atoms with E-state index in [1.165, 1.54) is 24.5 Å². The molecule has 0 spiro atoms. The lowest BCUT2D eigenvalue weighted by atomic mass is 9.96. The Morgan fingerprint density at radius 2 is 1.93 bits per heavy atom. The van der Waals surface area contributed by atoms with Gasteiger partial charge in [-0.3, -0.25) is 4.79 Å². The van der Waals surface area contributed by atoms with Crippen LogP contribution in [0, 0.1) is 5.95 Å². The number of aromatic nitrogens is 3. The molecule has 1 aliphatic rings. The van der Waals surface area contributed by atoms with Crippen molar-refractivity contribution in [2.45, 2.75) is 38.4 Å². The van der Waals surface area contributed by atoms with Crippen molar-refractivity contribution in [3.05, 3.63) is 79.0 Å². The summed E-state index contributed by atoms with van der Waals surface area (Å²) < 4.78 is 31.4. The van der Waals surface area contributed by atoms with Crippen molar-refractivity contribution in [2.24, 2.45) is 0 Å². The molecule has 3 heterocycles. The molecule has 1 fully saturated rings. The quantitative estimate of drug-likeness (QED) is 0.198. The average Bonchev–Trinajstić information content (AvgIpc) is 2.96. The first-order valence-corrected chi connectivity index (χ1v) is 13.5. The normalized spacial score (nSPS) is 14.0.